The molecule has 0 aliphatic carbocycles. The fourth-order valence-corrected chi connectivity index (χ4v) is 2.19. The predicted octanol–water partition coefficient (Wildman–Crippen LogP) is 0.898. The lowest BCUT2D eigenvalue weighted by Crippen LogP contribution is -2.37. The topological polar surface area (TPSA) is 105 Å². The maximum absolute atomic E-state index is 12.1. The van der Waals surface area contributed by atoms with Gasteiger partial charge in [-0.3, -0.25) is 19.3 Å². The summed E-state index contributed by atoms with van der Waals surface area (Å²) >= 11 is 0. The number of fused-ring (bicyclic) bond motifs is 1. The average molecular weight is 296 g/mol. The molecule has 0 radical (unpaired) electrons. The van der Waals surface area contributed by atoms with Crippen molar-refractivity contribution in [2.24, 2.45) is 0 Å². The van der Waals surface area contributed by atoms with E-state index in [9.17, 15) is 14.4 Å². The van der Waals surface area contributed by atoms with Crippen molar-refractivity contribution in [1.82, 2.24) is 9.88 Å². The monoisotopic (exact) mass is 296 g/mol. The fraction of sp³-hybridized carbons (Fsp3) is 0.0667. The van der Waals surface area contributed by atoms with Gasteiger partial charge in [0, 0.05) is 0 Å². The van der Waals surface area contributed by atoms with Gasteiger partial charge in [0.15, 0.2) is 0 Å². The van der Waals surface area contributed by atoms with Gasteiger partial charge in [0.25, 0.3) is 11.8 Å². The second-order valence-electron chi connectivity index (χ2n) is 4.77. The van der Waals surface area contributed by atoms with E-state index in [1.54, 1.807) is 30.3 Å². The van der Waals surface area contributed by atoms with Crippen LogP contribution < -0.4 is 11.1 Å². The van der Waals surface area contributed by atoms with Crippen LogP contribution in [0.15, 0.2) is 42.6 Å². The van der Waals surface area contributed by atoms with Gasteiger partial charge in [0.1, 0.15) is 12.4 Å². The highest BCUT2D eigenvalue weighted by Crippen LogP contribution is 2.22. The number of anilines is 2. The highest BCUT2D eigenvalue weighted by molar-refractivity contribution is 6.22. The van der Waals surface area contributed by atoms with E-state index in [1.807, 2.05) is 0 Å². The van der Waals surface area contributed by atoms with Gasteiger partial charge in [0.2, 0.25) is 5.91 Å². The molecule has 0 spiro atoms. The smallest absolute Gasteiger partial charge is 0.262 e. The molecular formula is C15H12N4O3. The Morgan fingerprint density at radius 3 is 2.27 bits per heavy atom. The van der Waals surface area contributed by atoms with Crippen molar-refractivity contribution in [3.63, 3.8) is 0 Å². The van der Waals surface area contributed by atoms with Crippen molar-refractivity contribution in [1.29, 1.82) is 0 Å². The zero-order valence-corrected chi connectivity index (χ0v) is 11.4. The molecule has 7 nitrogen and oxygen atoms in total. The summed E-state index contributed by atoms with van der Waals surface area (Å²) in [6, 6.07) is 9.60. The molecule has 1 aromatic carbocycles. The number of hydrogen-bond donors (Lipinski definition) is 2. The van der Waals surface area contributed by atoms with Crippen molar-refractivity contribution in [2.75, 3.05) is 17.6 Å². The van der Waals surface area contributed by atoms with Gasteiger partial charge in [-0.05, 0) is 24.3 Å². The first-order valence-electron chi connectivity index (χ1n) is 6.53. The zero-order chi connectivity index (χ0) is 15.7. The van der Waals surface area contributed by atoms with Gasteiger partial charge in [-0.25, -0.2) is 4.98 Å². The van der Waals surface area contributed by atoms with Crippen LogP contribution in [0.3, 0.4) is 0 Å². The molecule has 0 fully saturated rings. The van der Waals surface area contributed by atoms with Crippen molar-refractivity contribution >= 4 is 29.2 Å². The van der Waals surface area contributed by atoms with Crippen LogP contribution >= 0.6 is 0 Å². The minimum Gasteiger partial charge on any atom is -0.397 e. The molecule has 3 rings (SSSR count). The van der Waals surface area contributed by atoms with Crippen molar-refractivity contribution in [3.05, 3.63) is 53.7 Å². The van der Waals surface area contributed by atoms with Crippen molar-refractivity contribution < 1.29 is 14.4 Å². The highest BCUT2D eigenvalue weighted by Gasteiger charge is 2.36. The summed E-state index contributed by atoms with van der Waals surface area (Å²) < 4.78 is 0. The largest absolute Gasteiger partial charge is 0.397 e. The molecule has 7 heteroatoms. The summed E-state index contributed by atoms with van der Waals surface area (Å²) in [5.41, 5.74) is 6.59. The Balaban J connectivity index is 1.71. The summed E-state index contributed by atoms with van der Waals surface area (Å²) in [6.45, 7) is -0.363. The minimum absolute atomic E-state index is 0.302. The number of carbonyl (C=O) groups is 3. The maximum atomic E-state index is 12.1. The molecule has 2 aromatic rings. The van der Waals surface area contributed by atoms with Crippen LogP contribution in [0.1, 0.15) is 20.7 Å². The molecule has 3 N–H and O–H groups in total. The standard InChI is InChI=1S/C15H12N4O3/c16-9-5-6-12(17-7-9)18-13(20)8-19-14(21)10-3-1-2-4-11(10)15(19)22/h1-7H,8,16H2,(H,17,18,20). The van der Waals surface area contributed by atoms with E-state index in [4.69, 9.17) is 5.73 Å². The lowest BCUT2D eigenvalue weighted by molar-refractivity contribution is -0.116. The Kier molecular flexibility index (Phi) is 3.30. The molecule has 2 heterocycles. The molecule has 0 unspecified atom stereocenters. The third-order valence-corrected chi connectivity index (χ3v) is 3.23. The number of pyridine rings is 1. The van der Waals surface area contributed by atoms with Gasteiger partial charge < -0.3 is 11.1 Å². The van der Waals surface area contributed by atoms with E-state index >= 15 is 0 Å². The molecule has 1 aliphatic heterocycles. The number of amides is 3. The van der Waals surface area contributed by atoms with Crippen LogP contribution in [0, 0.1) is 0 Å². The van der Waals surface area contributed by atoms with Gasteiger partial charge in [-0.1, -0.05) is 12.1 Å². The molecule has 1 aliphatic rings. The van der Waals surface area contributed by atoms with E-state index in [2.05, 4.69) is 10.3 Å². The lowest BCUT2D eigenvalue weighted by Gasteiger charge is -2.13. The van der Waals surface area contributed by atoms with E-state index in [0.29, 0.717) is 22.6 Å². The number of nitrogens with two attached hydrogens (primary N) is 1. The number of carbonyl (C=O) groups excluding carboxylic acids is 3. The van der Waals surface area contributed by atoms with E-state index in [-0.39, 0.29) is 6.54 Å². The summed E-state index contributed by atoms with van der Waals surface area (Å²) in [5, 5.41) is 2.51. The summed E-state index contributed by atoms with van der Waals surface area (Å²) in [7, 11) is 0. The second-order valence-corrected chi connectivity index (χ2v) is 4.77. The van der Waals surface area contributed by atoms with Gasteiger partial charge in [-0.15, -0.1) is 0 Å². The summed E-state index contributed by atoms with van der Waals surface area (Å²) in [4.78, 5) is 41.1. The number of nitrogens with one attached hydrogen (secondary N) is 1. The summed E-state index contributed by atoms with van der Waals surface area (Å²) in [5.74, 6) is -1.15. The van der Waals surface area contributed by atoms with Crippen LogP contribution in [0.2, 0.25) is 0 Å². The van der Waals surface area contributed by atoms with Crippen molar-refractivity contribution in [3.8, 4) is 0 Å². The normalized spacial score (nSPS) is 13.2. The number of nitrogens with zero attached hydrogens (tertiary/aromatic N) is 2. The predicted molar refractivity (Wildman–Crippen MR) is 79.1 cm³/mol. The average Bonchev–Trinajstić information content (AvgIpc) is 2.75. The lowest BCUT2D eigenvalue weighted by atomic mass is 10.1. The number of benzene rings is 1. The third-order valence-electron chi connectivity index (χ3n) is 3.23. The number of hydrogen-bond acceptors (Lipinski definition) is 5. The molecule has 110 valence electrons. The van der Waals surface area contributed by atoms with Crippen LogP contribution in [0.5, 0.6) is 0 Å². The van der Waals surface area contributed by atoms with Crippen LogP contribution in [-0.4, -0.2) is 34.2 Å². The van der Waals surface area contributed by atoms with E-state index in [0.717, 1.165) is 4.90 Å². The van der Waals surface area contributed by atoms with E-state index < -0.39 is 17.7 Å². The molecular weight excluding hydrogens is 284 g/mol. The SMILES string of the molecule is Nc1ccc(NC(=O)CN2C(=O)c3ccccc3C2=O)nc1. The summed E-state index contributed by atoms with van der Waals surface area (Å²) in [6.07, 6.45) is 1.40. The molecule has 0 saturated heterocycles. The first-order valence-corrected chi connectivity index (χ1v) is 6.53. The number of rotatable bonds is 3. The maximum Gasteiger partial charge on any atom is 0.262 e. The second kappa shape index (κ2) is 5.28. The van der Waals surface area contributed by atoms with E-state index in [1.165, 1.54) is 12.3 Å². The Bertz CT molecular complexity index is 736. The Labute approximate surface area is 125 Å². The zero-order valence-electron chi connectivity index (χ0n) is 11.4. The van der Waals surface area contributed by atoms with Crippen LogP contribution in [0.4, 0.5) is 11.5 Å². The van der Waals surface area contributed by atoms with Gasteiger partial charge >= 0.3 is 0 Å². The fourth-order valence-electron chi connectivity index (χ4n) is 2.19. The first-order chi connectivity index (χ1) is 10.6. The molecule has 0 bridgehead atoms. The molecule has 3 amide bonds. The number of nitrogen functional groups attached to an aromatic ring is 1. The minimum atomic E-state index is -0.508. The van der Waals surface area contributed by atoms with Crippen LogP contribution in [0.25, 0.3) is 0 Å². The number of aromatic nitrogens is 1. The highest BCUT2D eigenvalue weighted by atomic mass is 16.2. The van der Waals surface area contributed by atoms with Crippen molar-refractivity contribution in [2.45, 2.75) is 0 Å². The molecule has 0 atom stereocenters. The molecule has 1 aromatic heterocycles. The number of imide groups is 1. The Morgan fingerprint density at radius 1 is 1.09 bits per heavy atom. The Morgan fingerprint density at radius 2 is 1.73 bits per heavy atom. The quantitative estimate of drug-likeness (QED) is 0.819. The third kappa shape index (κ3) is 2.39. The first kappa shape index (κ1) is 13.7. The Hall–Kier alpha value is -3.22. The molecule has 22 heavy (non-hydrogen) atoms. The molecule has 0 saturated carbocycles. The van der Waals surface area contributed by atoms with Gasteiger partial charge in [0.05, 0.1) is 23.0 Å². The van der Waals surface area contributed by atoms with Crippen LogP contribution in [-0.2, 0) is 4.79 Å². The van der Waals surface area contributed by atoms with Gasteiger partial charge in [-0.2, -0.15) is 0 Å².